The van der Waals surface area contributed by atoms with Crippen LogP contribution < -0.4 is 16.3 Å². The summed E-state index contributed by atoms with van der Waals surface area (Å²) in [6.07, 6.45) is 0. The van der Waals surface area contributed by atoms with Gasteiger partial charge in [0.25, 0.3) is 5.91 Å². The first kappa shape index (κ1) is 71.4. The molecule has 0 bridgehead atoms. The second kappa shape index (κ2) is 38.2. The molecular formula is C67H63B2Br3N3O11S. The Balaban J connectivity index is 0.000000225. The number of hydrazine groups is 1. The summed E-state index contributed by atoms with van der Waals surface area (Å²) in [5.74, 6) is -1.84. The van der Waals surface area contributed by atoms with Gasteiger partial charge < -0.3 is 29.4 Å². The molecule has 9 aromatic carbocycles. The Morgan fingerprint density at radius 3 is 1.31 bits per heavy atom. The van der Waals surface area contributed by atoms with Crippen LogP contribution in [0.5, 0.6) is 0 Å². The molecule has 20 heteroatoms. The van der Waals surface area contributed by atoms with Crippen molar-refractivity contribution in [1.82, 2.24) is 10.9 Å². The monoisotopic (exact) mass is 1380 g/mol. The third-order valence-electron chi connectivity index (χ3n) is 12.6. The van der Waals surface area contributed by atoms with Gasteiger partial charge in [0.2, 0.25) is 0 Å². The van der Waals surface area contributed by atoms with Gasteiger partial charge in [0, 0.05) is 26.4 Å². The van der Waals surface area contributed by atoms with Crippen molar-refractivity contribution >= 4 is 111 Å². The topological polar surface area (TPSA) is 210 Å². The molecule has 87 heavy (non-hydrogen) atoms. The van der Waals surface area contributed by atoms with Crippen LogP contribution in [0.15, 0.2) is 226 Å². The van der Waals surface area contributed by atoms with Gasteiger partial charge in [-0.25, -0.2) is 24.6 Å². The second-order valence-corrected chi connectivity index (χ2v) is 21.0. The zero-order valence-electron chi connectivity index (χ0n) is 48.4. The van der Waals surface area contributed by atoms with Gasteiger partial charge in [-0.15, -0.1) is 0 Å². The summed E-state index contributed by atoms with van der Waals surface area (Å²) in [6.45, 7) is 6.23. The van der Waals surface area contributed by atoms with E-state index in [1.54, 1.807) is 49.4 Å². The summed E-state index contributed by atoms with van der Waals surface area (Å²) < 4.78 is 18.6. The Morgan fingerprint density at radius 2 is 0.897 bits per heavy atom. The molecule has 0 spiro atoms. The number of benzene rings is 9. The Bertz CT molecular complexity index is 3700. The molecule has 1 radical (unpaired) electrons. The average molecular weight is 1380 g/mol. The number of rotatable bonds is 9. The maximum absolute atomic E-state index is 11.7. The van der Waals surface area contributed by atoms with E-state index in [0.717, 1.165) is 75.7 Å². The number of alkyl halides is 1. The molecular weight excluding hydrogens is 1320 g/mol. The minimum atomic E-state index is -1.34. The van der Waals surface area contributed by atoms with Crippen molar-refractivity contribution in [2.75, 3.05) is 21.3 Å². The van der Waals surface area contributed by atoms with Crippen LogP contribution in [-0.2, 0) is 26.1 Å². The Labute approximate surface area is 539 Å². The van der Waals surface area contributed by atoms with Gasteiger partial charge in [0.1, 0.15) is 0 Å². The number of amides is 1. The van der Waals surface area contributed by atoms with Crippen LogP contribution in [0.2, 0.25) is 0 Å². The van der Waals surface area contributed by atoms with Crippen LogP contribution in [0.25, 0.3) is 33.4 Å². The Hall–Kier alpha value is -8.07. The number of aryl methyl sites for hydroxylation is 3. The number of aromatic carboxylic acids is 1. The van der Waals surface area contributed by atoms with E-state index in [1.807, 2.05) is 178 Å². The zero-order valence-corrected chi connectivity index (χ0v) is 54.1. The summed E-state index contributed by atoms with van der Waals surface area (Å²) in [6, 6.07) is 67.0. The predicted octanol–water partition coefficient (Wildman–Crippen LogP) is 14.1. The molecule has 0 saturated carbocycles. The number of carbonyl (C=O) groups is 5. The molecule has 0 aromatic heterocycles. The van der Waals surface area contributed by atoms with E-state index < -0.39 is 13.1 Å². The molecule has 445 valence electrons. The number of esters is 3. The Morgan fingerprint density at radius 1 is 0.529 bits per heavy atom. The average Bonchev–Trinajstić information content (AvgIpc) is 2.58. The maximum atomic E-state index is 11.7. The molecule has 0 atom stereocenters. The van der Waals surface area contributed by atoms with E-state index in [9.17, 15) is 24.0 Å². The molecule has 1 heterocycles. The SMILES string of the molecule is COC(=O)c1cc(-c2ccccc2)ccc1C.COC(=O)c1cc(-c2ccccc2)ccc1CBr.COC(=O)c1cc(Br)ccc1C.Cc1ccc(Br)cc1C(=O)O.O=C1NNCc2ccc(-c3ccccc3)cc21.OB(O)c1ccccc1.[B]=NS. The number of fused-ring (bicyclic) bond motifs is 1. The van der Waals surface area contributed by atoms with Crippen LogP contribution in [0.1, 0.15) is 79.6 Å². The number of nitrogens with one attached hydrogen (secondary N) is 2. The molecule has 0 unspecified atom stereocenters. The van der Waals surface area contributed by atoms with Crippen LogP contribution in [0.3, 0.4) is 0 Å². The van der Waals surface area contributed by atoms with Crippen molar-refractivity contribution in [3.8, 4) is 33.4 Å². The van der Waals surface area contributed by atoms with Crippen molar-refractivity contribution in [3.05, 3.63) is 277 Å². The van der Waals surface area contributed by atoms with Crippen molar-refractivity contribution in [3.63, 3.8) is 0 Å². The molecule has 0 fully saturated rings. The van der Waals surface area contributed by atoms with Gasteiger partial charge >= 0.3 is 55.7 Å². The molecule has 1 amide bonds. The quantitative estimate of drug-likeness (QED) is 0.0262. The van der Waals surface area contributed by atoms with Crippen molar-refractivity contribution in [2.24, 2.45) is 4.30 Å². The van der Waals surface area contributed by atoms with Crippen LogP contribution in [0.4, 0.5) is 0 Å². The summed E-state index contributed by atoms with van der Waals surface area (Å²) >= 11 is 13.1. The fourth-order valence-corrected chi connectivity index (χ4v) is 9.19. The van der Waals surface area contributed by atoms with Crippen molar-refractivity contribution < 1.29 is 53.3 Å². The summed E-state index contributed by atoms with van der Waals surface area (Å²) in [4.78, 5) is 56.7. The minimum absolute atomic E-state index is 0.0657. The molecule has 10 rings (SSSR count). The zero-order chi connectivity index (χ0) is 63.8. The normalized spacial score (nSPS) is 10.4. The first-order valence-electron chi connectivity index (χ1n) is 26.4. The number of hydrogen-bond donors (Lipinski definition) is 6. The van der Waals surface area contributed by atoms with E-state index in [-0.39, 0.29) is 23.8 Å². The number of methoxy groups -OCH3 is 3. The first-order valence-corrected chi connectivity index (χ1v) is 29.5. The summed E-state index contributed by atoms with van der Waals surface area (Å²) in [7, 11) is 7.17. The van der Waals surface area contributed by atoms with E-state index in [0.29, 0.717) is 39.6 Å². The number of carbonyl (C=O) groups excluding carboxylic acids is 4. The number of carboxylic acid groups (broad SMARTS) is 1. The van der Waals surface area contributed by atoms with Crippen LogP contribution in [0, 0.1) is 20.8 Å². The Kier molecular flexibility index (Phi) is 31.3. The van der Waals surface area contributed by atoms with E-state index >= 15 is 0 Å². The number of hydrogen-bond acceptors (Lipinski definition) is 13. The second-order valence-electron chi connectivity index (χ2n) is 18.4. The molecule has 0 aliphatic carbocycles. The predicted molar refractivity (Wildman–Crippen MR) is 359 cm³/mol. The molecule has 5 N–H and O–H groups in total. The van der Waals surface area contributed by atoms with Gasteiger partial charge in [-0.2, -0.15) is 0 Å². The van der Waals surface area contributed by atoms with Gasteiger partial charge in [-0.1, -0.05) is 218 Å². The number of ether oxygens (including phenoxy) is 3. The molecule has 1 aliphatic rings. The fraction of sp³-hybridized carbons (Fsp3) is 0.119. The van der Waals surface area contributed by atoms with Gasteiger partial charge in [0.05, 0.1) is 43.6 Å². The van der Waals surface area contributed by atoms with Gasteiger partial charge in [-0.05, 0) is 130 Å². The summed E-state index contributed by atoms with van der Waals surface area (Å²) in [5.41, 5.74) is 19.9. The van der Waals surface area contributed by atoms with Gasteiger partial charge in [0.15, 0.2) is 0 Å². The molecule has 14 nitrogen and oxygen atoms in total. The van der Waals surface area contributed by atoms with Crippen molar-refractivity contribution in [1.29, 1.82) is 0 Å². The number of halogens is 3. The number of carboxylic acids is 1. The first-order chi connectivity index (χ1) is 41.8. The fourth-order valence-electron chi connectivity index (χ4n) is 7.98. The third-order valence-corrected chi connectivity index (χ3v) is 14.2. The van der Waals surface area contributed by atoms with Crippen LogP contribution in [-0.4, -0.2) is 81.0 Å². The molecule has 0 saturated heterocycles. The molecule has 1 aliphatic heterocycles. The van der Waals surface area contributed by atoms with E-state index in [4.69, 9.17) is 24.6 Å². The number of nitrogens with zero attached hydrogens (tertiary/aromatic N) is 1. The molecule has 9 aromatic rings. The van der Waals surface area contributed by atoms with Crippen LogP contribution >= 0.6 is 60.6 Å². The summed E-state index contributed by atoms with van der Waals surface area (Å²) in [5, 5.41) is 26.5. The van der Waals surface area contributed by atoms with E-state index in [1.165, 1.54) is 21.3 Å². The van der Waals surface area contributed by atoms with Gasteiger partial charge in [-0.3, -0.25) is 10.2 Å². The number of thiol groups is 1. The van der Waals surface area contributed by atoms with Crippen molar-refractivity contribution in [2.45, 2.75) is 32.6 Å². The van der Waals surface area contributed by atoms with E-state index in [2.05, 4.69) is 94.2 Å². The standard InChI is InChI=1S/C15H13BrO2.C15H14O2.C14H12N2O.C9H9BrO2.C8H7BrO2.C6H7BO2.BHNS/c1-18-15(17)14-9-12(7-8-13(14)10-16)11-5-3-2-4-6-11;1-11-8-9-13(10-14(11)15(16)17-2)12-6-4-3-5-7-12;17-14-13-8-11(10-4-2-1-3-5-10)6-7-12(13)9-15-16-14;1-6-3-4-7(10)5-8(6)9(11)12-2;1-5-2-3-6(9)4-7(5)8(10)11;8-7(9)6-4-2-1-3-5-6;1-2-3/h2-9H,10H2,1H3;3-10H,1-2H3;1-8,15H,9H2,(H,16,17);3-5H,1-2H3;2-4H,1H3,(H,10,11);1-5,8-9H;3H. The third kappa shape index (κ3) is 23.3.